The summed E-state index contributed by atoms with van der Waals surface area (Å²) in [6, 6.07) is -0.399. The zero-order chi connectivity index (χ0) is 11.8. The molecule has 0 radical (unpaired) electrons. The van der Waals surface area contributed by atoms with E-state index in [4.69, 9.17) is 5.11 Å². The van der Waals surface area contributed by atoms with Crippen LogP contribution < -0.4 is 5.32 Å². The van der Waals surface area contributed by atoms with Gasteiger partial charge >= 0.3 is 5.97 Å². The van der Waals surface area contributed by atoms with E-state index in [1.165, 1.54) is 12.8 Å². The largest absolute Gasteiger partial charge is 0.480 e. The summed E-state index contributed by atoms with van der Waals surface area (Å²) < 4.78 is 0. The van der Waals surface area contributed by atoms with Crippen LogP contribution in [0.25, 0.3) is 0 Å². The van der Waals surface area contributed by atoms with Crippen LogP contribution in [0, 0.1) is 11.8 Å². The Morgan fingerprint density at radius 1 is 1.20 bits per heavy atom. The Bertz CT molecular complexity index is 178. The van der Waals surface area contributed by atoms with Crippen LogP contribution in [0.1, 0.15) is 47.0 Å². The molecule has 90 valence electrons. The van der Waals surface area contributed by atoms with Crippen LogP contribution in [0.4, 0.5) is 0 Å². The molecule has 3 nitrogen and oxygen atoms in total. The molecule has 0 fully saturated rings. The molecule has 0 aliphatic carbocycles. The first kappa shape index (κ1) is 14.4. The summed E-state index contributed by atoms with van der Waals surface area (Å²) in [5.74, 6) is 0.145. The van der Waals surface area contributed by atoms with E-state index in [1.54, 1.807) is 0 Å². The summed E-state index contributed by atoms with van der Waals surface area (Å²) in [5.41, 5.74) is 0. The molecular weight excluding hydrogens is 190 g/mol. The minimum absolute atomic E-state index is 0.146. The van der Waals surface area contributed by atoms with Gasteiger partial charge in [0.25, 0.3) is 0 Å². The third-order valence-corrected chi connectivity index (χ3v) is 2.51. The van der Waals surface area contributed by atoms with Crippen molar-refractivity contribution in [3.05, 3.63) is 0 Å². The van der Waals surface area contributed by atoms with Crippen molar-refractivity contribution >= 4 is 5.97 Å². The summed E-state index contributed by atoms with van der Waals surface area (Å²) >= 11 is 0. The number of carbonyl (C=O) groups is 1. The monoisotopic (exact) mass is 215 g/mol. The Morgan fingerprint density at radius 2 is 1.80 bits per heavy atom. The third-order valence-electron chi connectivity index (χ3n) is 2.51. The molecule has 0 amide bonds. The fraction of sp³-hybridized carbons (Fsp3) is 0.917. The predicted molar refractivity (Wildman–Crippen MR) is 63.0 cm³/mol. The van der Waals surface area contributed by atoms with Gasteiger partial charge in [0.1, 0.15) is 6.04 Å². The Kier molecular flexibility index (Phi) is 7.39. The van der Waals surface area contributed by atoms with E-state index >= 15 is 0 Å². The van der Waals surface area contributed by atoms with Crippen LogP contribution in [0.3, 0.4) is 0 Å². The topological polar surface area (TPSA) is 49.3 Å². The van der Waals surface area contributed by atoms with Gasteiger partial charge in [0.15, 0.2) is 0 Å². The molecule has 0 aliphatic heterocycles. The molecule has 0 aromatic heterocycles. The van der Waals surface area contributed by atoms with Gasteiger partial charge in [0.2, 0.25) is 0 Å². The van der Waals surface area contributed by atoms with E-state index in [-0.39, 0.29) is 5.92 Å². The number of hydrogen-bond acceptors (Lipinski definition) is 2. The average molecular weight is 215 g/mol. The van der Waals surface area contributed by atoms with Crippen LogP contribution in [0.2, 0.25) is 0 Å². The van der Waals surface area contributed by atoms with Gasteiger partial charge in [-0.05, 0) is 24.8 Å². The molecule has 0 aliphatic rings. The van der Waals surface area contributed by atoms with Crippen LogP contribution in [-0.4, -0.2) is 23.7 Å². The second-order valence-electron chi connectivity index (χ2n) is 4.90. The number of nitrogens with one attached hydrogen (secondary N) is 1. The molecule has 0 bridgehead atoms. The van der Waals surface area contributed by atoms with E-state index in [0.29, 0.717) is 0 Å². The highest BCUT2D eigenvalue weighted by atomic mass is 16.4. The highest BCUT2D eigenvalue weighted by Crippen LogP contribution is 2.06. The van der Waals surface area contributed by atoms with Crippen molar-refractivity contribution in [3.63, 3.8) is 0 Å². The molecule has 0 rings (SSSR count). The normalized spacial score (nSPS) is 13.5. The molecule has 0 saturated carbocycles. The van der Waals surface area contributed by atoms with Gasteiger partial charge in [-0.1, -0.05) is 40.5 Å². The standard InChI is InChI=1S/C12H25NO2/c1-9(2)7-5-6-8-13-11(10(3)4)12(14)15/h9-11,13H,5-8H2,1-4H3,(H,14,15). The summed E-state index contributed by atoms with van der Waals surface area (Å²) in [4.78, 5) is 10.9. The molecule has 0 aromatic rings. The zero-order valence-electron chi connectivity index (χ0n) is 10.4. The molecule has 0 spiro atoms. The fourth-order valence-corrected chi connectivity index (χ4v) is 1.54. The highest BCUT2D eigenvalue weighted by Gasteiger charge is 2.19. The van der Waals surface area contributed by atoms with Gasteiger partial charge in [-0.3, -0.25) is 4.79 Å². The number of carboxylic acid groups (broad SMARTS) is 1. The average Bonchev–Trinajstić information content (AvgIpc) is 2.08. The predicted octanol–water partition coefficient (Wildman–Crippen LogP) is 2.51. The molecular formula is C12H25NO2. The molecule has 0 heterocycles. The second-order valence-corrected chi connectivity index (χ2v) is 4.90. The number of carboxylic acids is 1. The Labute approximate surface area is 93.3 Å². The van der Waals surface area contributed by atoms with Gasteiger partial charge in [-0.2, -0.15) is 0 Å². The summed E-state index contributed by atoms with van der Waals surface area (Å²) in [5, 5.41) is 12.0. The fourth-order valence-electron chi connectivity index (χ4n) is 1.54. The van der Waals surface area contributed by atoms with Crippen molar-refractivity contribution in [2.45, 2.75) is 53.0 Å². The van der Waals surface area contributed by atoms with Crippen molar-refractivity contribution in [2.24, 2.45) is 11.8 Å². The Balaban J connectivity index is 3.59. The lowest BCUT2D eigenvalue weighted by Crippen LogP contribution is -2.41. The maximum atomic E-state index is 10.9. The lowest BCUT2D eigenvalue weighted by atomic mass is 10.0. The van der Waals surface area contributed by atoms with E-state index in [2.05, 4.69) is 19.2 Å². The molecule has 3 heteroatoms. The van der Waals surface area contributed by atoms with Crippen molar-refractivity contribution in [3.8, 4) is 0 Å². The van der Waals surface area contributed by atoms with Crippen molar-refractivity contribution in [1.82, 2.24) is 5.32 Å². The molecule has 15 heavy (non-hydrogen) atoms. The lowest BCUT2D eigenvalue weighted by molar-refractivity contribution is -0.140. The summed E-state index contributed by atoms with van der Waals surface area (Å²) in [6.45, 7) is 9.09. The SMILES string of the molecule is CC(C)CCCCNC(C(=O)O)C(C)C. The maximum Gasteiger partial charge on any atom is 0.320 e. The first-order chi connectivity index (χ1) is 6.95. The highest BCUT2D eigenvalue weighted by molar-refractivity contribution is 5.73. The smallest absolute Gasteiger partial charge is 0.320 e. The van der Waals surface area contributed by atoms with Crippen molar-refractivity contribution in [2.75, 3.05) is 6.54 Å². The van der Waals surface area contributed by atoms with Crippen molar-refractivity contribution < 1.29 is 9.90 Å². The molecule has 1 atom stereocenters. The number of hydrogen-bond donors (Lipinski definition) is 2. The molecule has 1 unspecified atom stereocenters. The summed E-state index contributed by atoms with van der Waals surface area (Å²) in [7, 11) is 0. The van der Waals surface area contributed by atoms with Gasteiger partial charge in [-0.25, -0.2) is 0 Å². The second kappa shape index (κ2) is 7.69. The number of rotatable bonds is 8. The number of aliphatic carboxylic acids is 1. The van der Waals surface area contributed by atoms with Gasteiger partial charge < -0.3 is 10.4 Å². The van der Waals surface area contributed by atoms with E-state index < -0.39 is 12.0 Å². The molecule has 2 N–H and O–H groups in total. The van der Waals surface area contributed by atoms with Crippen LogP contribution in [0.5, 0.6) is 0 Å². The maximum absolute atomic E-state index is 10.9. The van der Waals surface area contributed by atoms with E-state index in [0.717, 1.165) is 18.9 Å². The van der Waals surface area contributed by atoms with Gasteiger partial charge in [0, 0.05) is 0 Å². The molecule has 0 saturated heterocycles. The third kappa shape index (κ3) is 7.37. The van der Waals surface area contributed by atoms with Gasteiger partial charge in [0.05, 0.1) is 0 Å². The van der Waals surface area contributed by atoms with Crippen LogP contribution in [0.15, 0.2) is 0 Å². The van der Waals surface area contributed by atoms with E-state index in [9.17, 15) is 4.79 Å². The van der Waals surface area contributed by atoms with Crippen molar-refractivity contribution in [1.29, 1.82) is 0 Å². The van der Waals surface area contributed by atoms with Crippen LogP contribution >= 0.6 is 0 Å². The Hall–Kier alpha value is -0.570. The minimum atomic E-state index is -0.742. The first-order valence-corrected chi connectivity index (χ1v) is 5.91. The van der Waals surface area contributed by atoms with E-state index in [1.807, 2.05) is 13.8 Å². The number of unbranched alkanes of at least 4 members (excludes halogenated alkanes) is 1. The van der Waals surface area contributed by atoms with Crippen LogP contribution in [-0.2, 0) is 4.79 Å². The summed E-state index contributed by atoms with van der Waals surface area (Å²) in [6.07, 6.45) is 3.46. The molecule has 0 aromatic carbocycles. The van der Waals surface area contributed by atoms with Gasteiger partial charge in [-0.15, -0.1) is 0 Å². The lowest BCUT2D eigenvalue weighted by Gasteiger charge is -2.17. The zero-order valence-corrected chi connectivity index (χ0v) is 10.4. The Morgan fingerprint density at radius 3 is 2.20 bits per heavy atom. The minimum Gasteiger partial charge on any atom is -0.480 e. The first-order valence-electron chi connectivity index (χ1n) is 5.91. The quantitative estimate of drug-likeness (QED) is 0.612.